The van der Waals surface area contributed by atoms with Gasteiger partial charge in [-0.25, -0.2) is 9.97 Å². The predicted molar refractivity (Wildman–Crippen MR) is 111 cm³/mol. The summed E-state index contributed by atoms with van der Waals surface area (Å²) in [5, 5.41) is 4.63. The first-order chi connectivity index (χ1) is 13.7. The largest absolute Gasteiger partial charge is 0.276 e. The first-order valence-corrected chi connectivity index (χ1v) is 9.95. The van der Waals surface area contributed by atoms with Gasteiger partial charge in [-0.05, 0) is 77.0 Å². The van der Waals surface area contributed by atoms with E-state index in [9.17, 15) is 4.39 Å². The molecule has 0 amide bonds. The van der Waals surface area contributed by atoms with Gasteiger partial charge in [0, 0.05) is 30.1 Å². The maximum absolute atomic E-state index is 13.6. The number of hydrogen-bond acceptors (Lipinski definition) is 5. The van der Waals surface area contributed by atoms with E-state index in [1.165, 1.54) is 25.1 Å². The molecule has 3 aromatic heterocycles. The summed E-state index contributed by atoms with van der Waals surface area (Å²) in [5.41, 5.74) is 7.40. The molecule has 0 bridgehead atoms. The second-order valence-electron chi connectivity index (χ2n) is 6.85. The van der Waals surface area contributed by atoms with Crippen LogP contribution in [0, 0.1) is 11.9 Å². The lowest BCUT2D eigenvalue weighted by atomic mass is 10.1. The fraction of sp³-hybridized carbons (Fsp3) is 0.238. The molecule has 1 aliphatic rings. The molecule has 7 heteroatoms. The molecule has 0 radical (unpaired) electrons. The Kier molecular flexibility index (Phi) is 5.71. The maximum atomic E-state index is 13.6. The summed E-state index contributed by atoms with van der Waals surface area (Å²) in [6, 6.07) is 11.1. The number of anilines is 1. The fourth-order valence-electron chi connectivity index (χ4n) is 2.96. The lowest BCUT2D eigenvalue weighted by molar-refractivity contribution is 0.580. The minimum atomic E-state index is -0.461. The molecule has 4 rings (SSSR count). The number of nitrogens with zero attached hydrogens (tertiary/aromatic N) is 4. The molecule has 1 aliphatic carbocycles. The van der Waals surface area contributed by atoms with Crippen molar-refractivity contribution in [3.05, 3.63) is 82.4 Å². The third-order valence-corrected chi connectivity index (χ3v) is 5.04. The van der Waals surface area contributed by atoms with Gasteiger partial charge in [-0.3, -0.25) is 10.4 Å². The van der Waals surface area contributed by atoms with Crippen molar-refractivity contribution < 1.29 is 4.39 Å². The van der Waals surface area contributed by atoms with E-state index in [2.05, 4.69) is 41.4 Å². The Balaban J connectivity index is 1.63. The van der Waals surface area contributed by atoms with Crippen molar-refractivity contribution in [1.29, 1.82) is 0 Å². The highest BCUT2D eigenvalue weighted by molar-refractivity contribution is 9.10. The van der Waals surface area contributed by atoms with Crippen LogP contribution in [0.5, 0.6) is 0 Å². The molecule has 1 N–H and O–H groups in total. The number of hydrogen-bond donors (Lipinski definition) is 1. The van der Waals surface area contributed by atoms with Gasteiger partial charge in [-0.15, -0.1) is 0 Å². The van der Waals surface area contributed by atoms with Crippen molar-refractivity contribution in [3.63, 3.8) is 0 Å². The SMILES string of the molecule is Fc1cc(CC2CC2)c(NN=C(Cc2ccccn2)c2ccnc(Br)c2)cn1. The van der Waals surface area contributed by atoms with Crippen LogP contribution in [0.25, 0.3) is 0 Å². The van der Waals surface area contributed by atoms with Crippen LogP contribution in [0.15, 0.2) is 64.7 Å². The highest BCUT2D eigenvalue weighted by atomic mass is 79.9. The molecule has 0 aromatic carbocycles. The molecule has 0 atom stereocenters. The van der Waals surface area contributed by atoms with E-state index in [1.807, 2.05) is 30.3 Å². The molecule has 5 nitrogen and oxygen atoms in total. The topological polar surface area (TPSA) is 63.1 Å². The number of pyridine rings is 3. The summed E-state index contributed by atoms with van der Waals surface area (Å²) in [7, 11) is 0. The normalized spacial score (nSPS) is 14.1. The highest BCUT2D eigenvalue weighted by Crippen LogP contribution is 2.34. The van der Waals surface area contributed by atoms with Gasteiger partial charge in [0.25, 0.3) is 0 Å². The van der Waals surface area contributed by atoms with Crippen LogP contribution in [0.3, 0.4) is 0 Å². The van der Waals surface area contributed by atoms with Gasteiger partial charge in [0.05, 0.1) is 17.6 Å². The zero-order valence-corrected chi connectivity index (χ0v) is 16.7. The van der Waals surface area contributed by atoms with Gasteiger partial charge >= 0.3 is 0 Å². The molecular formula is C21H19BrFN5. The number of aromatic nitrogens is 3. The second kappa shape index (κ2) is 8.56. The Labute approximate surface area is 171 Å². The van der Waals surface area contributed by atoms with Crippen molar-refractivity contribution in [3.8, 4) is 0 Å². The predicted octanol–water partition coefficient (Wildman–Crippen LogP) is 4.78. The molecule has 142 valence electrons. The van der Waals surface area contributed by atoms with Gasteiger partial charge in [0.1, 0.15) is 4.60 Å². The number of nitrogens with one attached hydrogen (secondary N) is 1. The Morgan fingerprint density at radius 2 is 2.04 bits per heavy atom. The number of hydrazone groups is 1. The van der Waals surface area contributed by atoms with E-state index in [0.29, 0.717) is 12.3 Å². The summed E-state index contributed by atoms with van der Waals surface area (Å²) < 4.78 is 14.4. The van der Waals surface area contributed by atoms with E-state index in [0.717, 1.165) is 39.2 Å². The number of halogens is 2. The van der Waals surface area contributed by atoms with Crippen molar-refractivity contribution >= 4 is 27.3 Å². The molecular weight excluding hydrogens is 421 g/mol. The van der Waals surface area contributed by atoms with Crippen LogP contribution >= 0.6 is 15.9 Å². The van der Waals surface area contributed by atoms with E-state index in [1.54, 1.807) is 12.4 Å². The van der Waals surface area contributed by atoms with Crippen LogP contribution in [-0.4, -0.2) is 20.7 Å². The van der Waals surface area contributed by atoms with Crippen LogP contribution in [0.4, 0.5) is 10.1 Å². The van der Waals surface area contributed by atoms with Gasteiger partial charge in [-0.1, -0.05) is 6.07 Å². The van der Waals surface area contributed by atoms with Gasteiger partial charge < -0.3 is 0 Å². The van der Waals surface area contributed by atoms with Gasteiger partial charge in [0.15, 0.2) is 0 Å². The lowest BCUT2D eigenvalue weighted by Crippen LogP contribution is -2.10. The minimum Gasteiger partial charge on any atom is -0.276 e. The zero-order valence-electron chi connectivity index (χ0n) is 15.1. The minimum absolute atomic E-state index is 0.461. The molecule has 0 saturated heterocycles. The van der Waals surface area contributed by atoms with Crippen molar-refractivity contribution in [2.24, 2.45) is 11.0 Å². The quantitative estimate of drug-likeness (QED) is 0.326. The van der Waals surface area contributed by atoms with Gasteiger partial charge in [0.2, 0.25) is 5.95 Å². The van der Waals surface area contributed by atoms with Crippen molar-refractivity contribution in [2.45, 2.75) is 25.7 Å². The van der Waals surface area contributed by atoms with E-state index in [4.69, 9.17) is 0 Å². The zero-order chi connectivity index (χ0) is 19.3. The Morgan fingerprint density at radius 1 is 1.14 bits per heavy atom. The average Bonchev–Trinajstić information content (AvgIpc) is 3.51. The smallest absolute Gasteiger partial charge is 0.213 e. The summed E-state index contributed by atoms with van der Waals surface area (Å²) in [5.74, 6) is 0.174. The first kappa shape index (κ1) is 18.7. The molecule has 0 spiro atoms. The molecule has 1 fully saturated rings. The summed E-state index contributed by atoms with van der Waals surface area (Å²) in [4.78, 5) is 12.4. The third kappa shape index (κ3) is 4.98. The second-order valence-corrected chi connectivity index (χ2v) is 7.66. The number of rotatable bonds is 7. The fourth-order valence-corrected chi connectivity index (χ4v) is 3.33. The summed E-state index contributed by atoms with van der Waals surface area (Å²) in [6.07, 6.45) is 8.79. The monoisotopic (exact) mass is 439 g/mol. The van der Waals surface area contributed by atoms with E-state index in [-0.39, 0.29) is 0 Å². The van der Waals surface area contributed by atoms with Crippen molar-refractivity contribution in [1.82, 2.24) is 15.0 Å². The van der Waals surface area contributed by atoms with Crippen molar-refractivity contribution in [2.75, 3.05) is 5.43 Å². The van der Waals surface area contributed by atoms with E-state index >= 15 is 0 Å². The summed E-state index contributed by atoms with van der Waals surface area (Å²) in [6.45, 7) is 0. The molecule has 1 saturated carbocycles. The van der Waals surface area contributed by atoms with Crippen LogP contribution in [0.2, 0.25) is 0 Å². The standard InChI is InChI=1S/C21H19BrFN5/c22-20-10-15(6-8-25-20)18(12-17-3-1-2-7-24-17)27-28-19-13-26-21(23)11-16(19)9-14-4-5-14/h1-3,6-8,10-11,13-14,28H,4-5,9,12H2. The first-order valence-electron chi connectivity index (χ1n) is 9.16. The van der Waals surface area contributed by atoms with Gasteiger partial charge in [-0.2, -0.15) is 9.49 Å². The van der Waals surface area contributed by atoms with Crippen LogP contribution in [-0.2, 0) is 12.8 Å². The average molecular weight is 440 g/mol. The molecule has 0 aliphatic heterocycles. The van der Waals surface area contributed by atoms with Crippen LogP contribution in [0.1, 0.15) is 29.7 Å². The highest BCUT2D eigenvalue weighted by Gasteiger charge is 2.23. The summed E-state index contributed by atoms with van der Waals surface area (Å²) >= 11 is 3.41. The Bertz CT molecular complexity index is 989. The maximum Gasteiger partial charge on any atom is 0.213 e. The molecule has 3 heterocycles. The third-order valence-electron chi connectivity index (χ3n) is 4.61. The Hall–Kier alpha value is -2.67. The molecule has 3 aromatic rings. The molecule has 0 unspecified atom stereocenters. The van der Waals surface area contributed by atoms with Crippen LogP contribution < -0.4 is 5.43 Å². The molecule has 28 heavy (non-hydrogen) atoms. The van der Waals surface area contributed by atoms with E-state index < -0.39 is 5.95 Å². The Morgan fingerprint density at radius 3 is 2.79 bits per heavy atom. The lowest BCUT2D eigenvalue weighted by Gasteiger charge is -2.11.